The van der Waals surface area contributed by atoms with E-state index in [1.54, 1.807) is 16.7 Å². The third kappa shape index (κ3) is 6.43. The van der Waals surface area contributed by atoms with Crippen molar-refractivity contribution in [3.05, 3.63) is 35.9 Å². The molecule has 0 radical (unpaired) electrons. The van der Waals surface area contributed by atoms with E-state index in [4.69, 9.17) is 9.16 Å². The molecule has 34 heavy (non-hydrogen) atoms. The second-order valence-corrected chi connectivity index (χ2v) is 16.3. The third-order valence-corrected chi connectivity index (χ3v) is 12.7. The van der Waals surface area contributed by atoms with Crippen molar-refractivity contribution in [1.29, 1.82) is 0 Å². The van der Waals surface area contributed by atoms with Crippen molar-refractivity contribution in [2.45, 2.75) is 76.9 Å². The molecule has 1 aromatic rings. The summed E-state index contributed by atoms with van der Waals surface area (Å²) in [7, 11) is -1.92. The van der Waals surface area contributed by atoms with E-state index < -0.39 is 26.5 Å². The van der Waals surface area contributed by atoms with Crippen LogP contribution in [0.15, 0.2) is 30.3 Å². The molecule has 1 aromatic carbocycles. The molecule has 9 heteroatoms. The first kappa shape index (κ1) is 26.8. The van der Waals surface area contributed by atoms with Crippen molar-refractivity contribution in [2.24, 2.45) is 0 Å². The maximum atomic E-state index is 13.4. The van der Waals surface area contributed by atoms with Gasteiger partial charge < -0.3 is 14.1 Å². The highest BCUT2D eigenvalue weighted by molar-refractivity contribution is 7.99. The predicted molar refractivity (Wildman–Crippen MR) is 137 cm³/mol. The number of Topliss-reactive ketones (excluding diaryl/α,β-unsaturated/α-hetero) is 1. The number of carbonyl (C=O) groups excluding carboxylic acids is 3. The van der Waals surface area contributed by atoms with E-state index in [1.165, 1.54) is 4.90 Å². The quantitative estimate of drug-likeness (QED) is 0.477. The zero-order valence-electron chi connectivity index (χ0n) is 21.0. The summed E-state index contributed by atoms with van der Waals surface area (Å²) in [6, 6.07) is 8.46. The standard InChI is InChI=1S/C25H38N2O5SSi/c1-25(2,3)34(4,5)32-15-13-22(28)21-17-33-18-27(21)23(29)20-12-9-14-26(20)24(30)31-16-19-10-7-6-8-11-19/h6-8,10-11,20-21H,9,12-18H2,1-5H3. The van der Waals surface area contributed by atoms with Crippen LogP contribution in [0.1, 0.15) is 45.6 Å². The van der Waals surface area contributed by atoms with Crippen molar-refractivity contribution in [1.82, 2.24) is 9.80 Å². The van der Waals surface area contributed by atoms with Gasteiger partial charge in [-0.15, -0.1) is 11.8 Å². The lowest BCUT2D eigenvalue weighted by Crippen LogP contribution is -2.51. The Morgan fingerprint density at radius 2 is 1.79 bits per heavy atom. The summed E-state index contributed by atoms with van der Waals surface area (Å²) < 4.78 is 11.6. The molecule has 2 saturated heterocycles. The van der Waals surface area contributed by atoms with Crippen LogP contribution in [-0.2, 0) is 25.4 Å². The van der Waals surface area contributed by atoms with E-state index in [9.17, 15) is 14.4 Å². The van der Waals surface area contributed by atoms with E-state index >= 15 is 0 Å². The second-order valence-electron chi connectivity index (χ2n) is 10.5. The fourth-order valence-corrected chi connectivity index (χ4v) is 6.20. The molecule has 0 bridgehead atoms. The molecule has 0 aliphatic carbocycles. The van der Waals surface area contributed by atoms with Crippen molar-refractivity contribution >= 4 is 37.9 Å². The molecule has 2 aliphatic rings. The molecule has 0 spiro atoms. The molecule has 3 rings (SSSR count). The van der Waals surface area contributed by atoms with Crippen LogP contribution in [0.5, 0.6) is 0 Å². The number of nitrogens with zero attached hydrogens (tertiary/aromatic N) is 2. The molecule has 2 heterocycles. The number of benzene rings is 1. The van der Waals surface area contributed by atoms with E-state index in [0.29, 0.717) is 37.6 Å². The SMILES string of the molecule is CC(C)(C)[Si](C)(C)OCCC(=O)C1CSCN1C(=O)C1CCCN1C(=O)OCc1ccccc1. The topological polar surface area (TPSA) is 76.2 Å². The average Bonchev–Trinajstić information content (AvgIpc) is 3.47. The number of likely N-dealkylation sites (tertiary alicyclic amines) is 1. The summed E-state index contributed by atoms with van der Waals surface area (Å²) >= 11 is 1.58. The van der Waals surface area contributed by atoms with Gasteiger partial charge in [0, 0.05) is 25.3 Å². The molecule has 7 nitrogen and oxygen atoms in total. The van der Waals surface area contributed by atoms with Gasteiger partial charge in [0.1, 0.15) is 18.7 Å². The molecule has 188 valence electrons. The van der Waals surface area contributed by atoms with Crippen LogP contribution in [0, 0.1) is 0 Å². The van der Waals surface area contributed by atoms with Crippen LogP contribution in [0.25, 0.3) is 0 Å². The van der Waals surface area contributed by atoms with Crippen molar-refractivity contribution in [3.8, 4) is 0 Å². The zero-order valence-corrected chi connectivity index (χ0v) is 22.9. The van der Waals surface area contributed by atoms with E-state index in [-0.39, 0.29) is 23.3 Å². The number of amides is 2. The van der Waals surface area contributed by atoms with Gasteiger partial charge in [-0.25, -0.2) is 4.79 Å². The van der Waals surface area contributed by atoms with Gasteiger partial charge in [0.05, 0.1) is 5.88 Å². The molecule has 0 aromatic heterocycles. The van der Waals surface area contributed by atoms with E-state index in [0.717, 1.165) is 12.0 Å². The minimum absolute atomic E-state index is 0.0354. The Morgan fingerprint density at radius 3 is 2.47 bits per heavy atom. The van der Waals surface area contributed by atoms with Crippen LogP contribution in [-0.4, -0.2) is 72.8 Å². The Morgan fingerprint density at radius 1 is 1.09 bits per heavy atom. The average molecular weight is 507 g/mol. The largest absolute Gasteiger partial charge is 0.445 e. The maximum absolute atomic E-state index is 13.4. The maximum Gasteiger partial charge on any atom is 0.410 e. The molecule has 0 N–H and O–H groups in total. The minimum Gasteiger partial charge on any atom is -0.445 e. The number of ether oxygens (including phenoxy) is 1. The second kappa shape index (κ2) is 11.3. The van der Waals surface area contributed by atoms with Crippen LogP contribution < -0.4 is 0 Å². The molecular weight excluding hydrogens is 468 g/mol. The fourth-order valence-electron chi connectivity index (χ4n) is 3.95. The van der Waals surface area contributed by atoms with Gasteiger partial charge >= 0.3 is 6.09 Å². The monoisotopic (exact) mass is 506 g/mol. The Bertz CT molecular complexity index is 874. The first-order valence-electron chi connectivity index (χ1n) is 12.0. The summed E-state index contributed by atoms with van der Waals surface area (Å²) in [5.41, 5.74) is 0.902. The van der Waals surface area contributed by atoms with Gasteiger partial charge in [-0.1, -0.05) is 51.1 Å². The van der Waals surface area contributed by atoms with Crippen molar-refractivity contribution < 1.29 is 23.5 Å². The summed E-state index contributed by atoms with van der Waals surface area (Å²) in [5, 5.41) is 0.0856. The molecule has 2 unspecified atom stereocenters. The Kier molecular flexibility index (Phi) is 8.86. The Labute approximate surface area is 208 Å². The first-order valence-corrected chi connectivity index (χ1v) is 16.1. The normalized spacial score (nSPS) is 21.1. The summed E-state index contributed by atoms with van der Waals surface area (Å²) in [5.74, 6) is 0.952. The van der Waals surface area contributed by atoms with Gasteiger partial charge in [-0.3, -0.25) is 14.5 Å². The number of ketones is 1. The first-order chi connectivity index (χ1) is 16.0. The Hall–Kier alpha value is -1.84. The highest BCUT2D eigenvalue weighted by atomic mass is 32.2. The molecule has 0 saturated carbocycles. The molecular formula is C25H38N2O5SSi. The lowest BCUT2D eigenvalue weighted by molar-refractivity contribution is -0.140. The molecule has 2 amide bonds. The number of thioether (sulfide) groups is 1. The fraction of sp³-hybridized carbons (Fsp3) is 0.640. The van der Waals surface area contributed by atoms with Crippen LogP contribution in [0.4, 0.5) is 4.79 Å². The van der Waals surface area contributed by atoms with Gasteiger partial charge in [0.25, 0.3) is 0 Å². The molecule has 2 atom stereocenters. The van der Waals surface area contributed by atoms with Crippen molar-refractivity contribution in [3.63, 3.8) is 0 Å². The van der Waals surface area contributed by atoms with Gasteiger partial charge in [-0.05, 0) is 36.5 Å². The van der Waals surface area contributed by atoms with Crippen LogP contribution >= 0.6 is 11.8 Å². The lowest BCUT2D eigenvalue weighted by atomic mass is 10.1. The predicted octanol–water partition coefficient (Wildman–Crippen LogP) is 4.67. The van der Waals surface area contributed by atoms with E-state index in [2.05, 4.69) is 33.9 Å². The highest BCUT2D eigenvalue weighted by Crippen LogP contribution is 2.36. The Balaban J connectivity index is 1.55. The minimum atomic E-state index is -1.92. The molecule has 2 aliphatic heterocycles. The van der Waals surface area contributed by atoms with Gasteiger partial charge in [-0.2, -0.15) is 0 Å². The van der Waals surface area contributed by atoms with Crippen LogP contribution in [0.3, 0.4) is 0 Å². The summed E-state index contributed by atoms with van der Waals surface area (Å²) in [4.78, 5) is 42.3. The zero-order chi connectivity index (χ0) is 24.9. The van der Waals surface area contributed by atoms with Crippen LogP contribution in [0.2, 0.25) is 18.1 Å². The number of hydrogen-bond donors (Lipinski definition) is 0. The third-order valence-electron chi connectivity index (χ3n) is 7.13. The number of rotatable bonds is 8. The van der Waals surface area contributed by atoms with Gasteiger partial charge in [0.15, 0.2) is 14.1 Å². The van der Waals surface area contributed by atoms with Gasteiger partial charge in [0.2, 0.25) is 5.91 Å². The number of carbonyl (C=O) groups is 3. The highest BCUT2D eigenvalue weighted by Gasteiger charge is 2.43. The summed E-state index contributed by atoms with van der Waals surface area (Å²) in [6.07, 6.45) is 1.17. The smallest absolute Gasteiger partial charge is 0.410 e. The molecule has 2 fully saturated rings. The summed E-state index contributed by atoms with van der Waals surface area (Å²) in [6.45, 7) is 11.9. The number of hydrogen-bond acceptors (Lipinski definition) is 6. The lowest BCUT2D eigenvalue weighted by Gasteiger charge is -2.36. The van der Waals surface area contributed by atoms with Crippen molar-refractivity contribution in [2.75, 3.05) is 24.8 Å². The van der Waals surface area contributed by atoms with E-state index in [1.807, 2.05) is 30.3 Å².